The van der Waals surface area contributed by atoms with E-state index in [-0.39, 0.29) is 4.90 Å². The van der Waals surface area contributed by atoms with E-state index in [9.17, 15) is 13.4 Å². The number of benzene rings is 3. The van der Waals surface area contributed by atoms with Crippen molar-refractivity contribution in [1.29, 1.82) is 0 Å². The summed E-state index contributed by atoms with van der Waals surface area (Å²) >= 11 is 0. The summed E-state index contributed by atoms with van der Waals surface area (Å²) in [6, 6.07) is 17.0. The second kappa shape index (κ2) is 8.20. The van der Waals surface area contributed by atoms with Gasteiger partial charge in [-0.1, -0.05) is 36.4 Å². The van der Waals surface area contributed by atoms with Gasteiger partial charge >= 0.3 is 7.12 Å². The van der Waals surface area contributed by atoms with Gasteiger partial charge in [0, 0.05) is 36.2 Å². The van der Waals surface area contributed by atoms with Gasteiger partial charge in [0.15, 0.2) is 0 Å². The molecule has 28 heavy (non-hydrogen) atoms. The lowest BCUT2D eigenvalue weighted by Crippen LogP contribution is -2.33. The number of anilines is 2. The molecule has 3 rings (SSSR count). The smallest absolute Gasteiger partial charge is 0.422 e. The van der Waals surface area contributed by atoms with Crippen molar-refractivity contribution in [3.8, 4) is 0 Å². The number of hydrogen-bond acceptors (Lipinski definition) is 6. The van der Waals surface area contributed by atoms with Crippen LogP contribution in [0.25, 0.3) is 10.8 Å². The first kappa shape index (κ1) is 20.2. The van der Waals surface area contributed by atoms with Crippen LogP contribution in [0.1, 0.15) is 0 Å². The third kappa shape index (κ3) is 4.12. The molecular weight excluding hydrogens is 379 g/mol. The fraction of sp³-hybridized carbons (Fsp3) is 0.158. The van der Waals surface area contributed by atoms with Gasteiger partial charge in [-0.2, -0.15) is 0 Å². The zero-order valence-corrected chi connectivity index (χ0v) is 16.6. The molecule has 0 aliphatic rings. The number of nitrogens with zero attached hydrogens (tertiary/aromatic N) is 1. The van der Waals surface area contributed by atoms with Crippen molar-refractivity contribution < 1.29 is 23.1 Å². The molecule has 0 saturated carbocycles. The Balaban J connectivity index is 2.01. The summed E-state index contributed by atoms with van der Waals surface area (Å²) in [7, 11) is -0.0880. The Morgan fingerprint density at radius 3 is 2.39 bits per heavy atom. The van der Waals surface area contributed by atoms with Crippen molar-refractivity contribution in [2.75, 3.05) is 30.8 Å². The van der Waals surface area contributed by atoms with E-state index in [0.29, 0.717) is 16.5 Å². The van der Waals surface area contributed by atoms with Gasteiger partial charge in [-0.25, -0.2) is 8.42 Å². The number of sulfonamides is 1. The van der Waals surface area contributed by atoms with Crippen LogP contribution in [-0.2, 0) is 19.7 Å². The molecule has 0 bridgehead atoms. The molecule has 0 aliphatic carbocycles. The Kier molecular flexibility index (Phi) is 5.90. The second-order valence-corrected chi connectivity index (χ2v) is 8.02. The van der Waals surface area contributed by atoms with E-state index in [1.807, 2.05) is 37.2 Å². The summed E-state index contributed by atoms with van der Waals surface area (Å²) in [6.07, 6.45) is 0. The van der Waals surface area contributed by atoms with Gasteiger partial charge in [-0.3, -0.25) is 14.4 Å². The molecule has 0 aliphatic heterocycles. The van der Waals surface area contributed by atoms with E-state index in [0.717, 1.165) is 11.1 Å². The summed E-state index contributed by atoms with van der Waals surface area (Å²) in [4.78, 5) is 11.2. The standard InChI is InChI=1S/C19H21BN2O5S/c1-22(2)18-11-5-10-17-16(18)9-6-12-19(17)28(24,25)21-15-8-4-7-14(13-15)20(23)27-26-3/h4-13,21,23H,1-3H3. The van der Waals surface area contributed by atoms with Gasteiger partial charge in [-0.05, 0) is 29.7 Å². The lowest BCUT2D eigenvalue weighted by Gasteiger charge is -2.17. The summed E-state index contributed by atoms with van der Waals surface area (Å²) < 4.78 is 28.7. The highest BCUT2D eigenvalue weighted by atomic mass is 32.2. The summed E-state index contributed by atoms with van der Waals surface area (Å²) in [5.41, 5.74) is 1.59. The Hall–Kier alpha value is -2.59. The third-order valence-electron chi connectivity index (χ3n) is 4.24. The van der Waals surface area contributed by atoms with Crippen LogP contribution in [0.4, 0.5) is 11.4 Å². The van der Waals surface area contributed by atoms with Crippen molar-refractivity contribution in [3.63, 3.8) is 0 Å². The van der Waals surface area contributed by atoms with E-state index >= 15 is 0 Å². The van der Waals surface area contributed by atoms with Crippen LogP contribution in [0.15, 0.2) is 65.6 Å². The molecule has 0 unspecified atom stereocenters. The molecule has 0 atom stereocenters. The molecular formula is C19H21BN2O5S. The first-order valence-corrected chi connectivity index (χ1v) is 10.0. The van der Waals surface area contributed by atoms with Crippen molar-refractivity contribution >= 4 is 44.8 Å². The van der Waals surface area contributed by atoms with E-state index in [2.05, 4.69) is 14.4 Å². The highest BCUT2D eigenvalue weighted by Crippen LogP contribution is 2.31. The summed E-state index contributed by atoms with van der Waals surface area (Å²) in [5.74, 6) is 0. The highest BCUT2D eigenvalue weighted by molar-refractivity contribution is 7.93. The van der Waals surface area contributed by atoms with Crippen LogP contribution >= 0.6 is 0 Å². The molecule has 3 aromatic carbocycles. The van der Waals surface area contributed by atoms with Crippen LogP contribution < -0.4 is 15.1 Å². The average molecular weight is 400 g/mol. The van der Waals surface area contributed by atoms with E-state index in [1.165, 1.54) is 13.2 Å². The largest absolute Gasteiger partial charge is 0.523 e. The van der Waals surface area contributed by atoms with Gasteiger partial charge in [0.2, 0.25) is 0 Å². The molecule has 0 amide bonds. The molecule has 146 valence electrons. The quantitative estimate of drug-likeness (QED) is 0.358. The van der Waals surface area contributed by atoms with Crippen molar-refractivity contribution in [2.45, 2.75) is 4.90 Å². The number of nitrogens with one attached hydrogen (secondary N) is 1. The SMILES string of the molecule is COOB(O)c1cccc(NS(=O)(=O)c2cccc3c(N(C)C)cccc23)c1. The van der Waals surface area contributed by atoms with Crippen molar-refractivity contribution in [2.24, 2.45) is 0 Å². The van der Waals surface area contributed by atoms with Gasteiger partial charge in [0.05, 0.1) is 12.0 Å². The van der Waals surface area contributed by atoms with Crippen LogP contribution in [0.3, 0.4) is 0 Å². The topological polar surface area (TPSA) is 88.1 Å². The third-order valence-corrected chi connectivity index (χ3v) is 5.68. The van der Waals surface area contributed by atoms with Crippen LogP contribution in [0.2, 0.25) is 0 Å². The maximum atomic E-state index is 13.1. The van der Waals surface area contributed by atoms with Gasteiger partial charge in [0.1, 0.15) is 0 Å². The number of hydrogen-bond donors (Lipinski definition) is 2. The zero-order valence-electron chi connectivity index (χ0n) is 15.8. The minimum Gasteiger partial charge on any atom is -0.422 e. The van der Waals surface area contributed by atoms with Gasteiger partial charge in [-0.15, -0.1) is 0 Å². The summed E-state index contributed by atoms with van der Waals surface area (Å²) in [5, 5.41) is 11.3. The molecule has 0 aromatic heterocycles. The van der Waals surface area contributed by atoms with Crippen molar-refractivity contribution in [1.82, 2.24) is 0 Å². The van der Waals surface area contributed by atoms with Crippen LogP contribution in [0, 0.1) is 0 Å². The number of fused-ring (bicyclic) bond motifs is 1. The second-order valence-electron chi connectivity index (χ2n) is 6.37. The predicted octanol–water partition coefficient (Wildman–Crippen LogP) is 1.97. The Bertz CT molecular complexity index is 1090. The molecule has 0 radical (unpaired) electrons. The summed E-state index contributed by atoms with van der Waals surface area (Å²) in [6.45, 7) is 0. The minimum atomic E-state index is -3.86. The molecule has 0 fully saturated rings. The minimum absolute atomic E-state index is 0.174. The first-order chi connectivity index (χ1) is 13.3. The molecule has 7 nitrogen and oxygen atoms in total. The molecule has 9 heteroatoms. The van der Waals surface area contributed by atoms with Gasteiger partial charge < -0.3 is 9.92 Å². The molecule has 0 heterocycles. The monoisotopic (exact) mass is 400 g/mol. The maximum Gasteiger partial charge on any atom is 0.523 e. The molecule has 3 aromatic rings. The fourth-order valence-electron chi connectivity index (χ4n) is 3.00. The average Bonchev–Trinajstić information content (AvgIpc) is 2.67. The molecule has 2 N–H and O–H groups in total. The van der Waals surface area contributed by atoms with E-state index < -0.39 is 17.1 Å². The first-order valence-electron chi connectivity index (χ1n) is 8.53. The molecule has 0 saturated heterocycles. The van der Waals surface area contributed by atoms with Gasteiger partial charge in [0.25, 0.3) is 10.0 Å². The predicted molar refractivity (Wildman–Crippen MR) is 111 cm³/mol. The van der Waals surface area contributed by atoms with Crippen LogP contribution in [-0.4, -0.2) is 41.8 Å². The Labute approximate surface area is 164 Å². The van der Waals surface area contributed by atoms with Crippen molar-refractivity contribution in [3.05, 3.63) is 60.7 Å². The number of rotatable bonds is 7. The Morgan fingerprint density at radius 2 is 1.68 bits per heavy atom. The maximum absolute atomic E-state index is 13.1. The lowest BCUT2D eigenvalue weighted by molar-refractivity contribution is -0.193. The van der Waals surface area contributed by atoms with Crippen LogP contribution in [0.5, 0.6) is 0 Å². The van der Waals surface area contributed by atoms with E-state index in [4.69, 9.17) is 0 Å². The normalized spacial score (nSPS) is 11.4. The highest BCUT2D eigenvalue weighted by Gasteiger charge is 2.21. The van der Waals surface area contributed by atoms with E-state index in [1.54, 1.807) is 36.4 Å². The molecule has 0 spiro atoms. The lowest BCUT2D eigenvalue weighted by atomic mass is 9.80. The fourth-order valence-corrected chi connectivity index (χ4v) is 4.27. The Morgan fingerprint density at radius 1 is 1.00 bits per heavy atom. The zero-order chi connectivity index (χ0) is 20.3.